The molecule has 0 saturated heterocycles. The van der Waals surface area contributed by atoms with Crippen LogP contribution in [0, 0.1) is 0 Å². The zero-order chi connectivity index (χ0) is 22.5. The van der Waals surface area contributed by atoms with Gasteiger partial charge in [-0.05, 0) is 51.5 Å². The maximum atomic E-state index is 12.3. The number of alkyl carbamates (subject to hydrolysis) is 1. The van der Waals surface area contributed by atoms with Crippen molar-refractivity contribution in [2.45, 2.75) is 39.7 Å². The Morgan fingerprint density at radius 3 is 2.57 bits per heavy atom. The number of aromatic nitrogens is 1. The number of hydrogen-bond acceptors (Lipinski definition) is 5. The van der Waals surface area contributed by atoms with Gasteiger partial charge in [0.25, 0.3) is 0 Å². The third kappa shape index (κ3) is 6.22. The lowest BCUT2D eigenvalue weighted by Gasteiger charge is -2.22. The van der Waals surface area contributed by atoms with Crippen LogP contribution >= 0.6 is 11.6 Å². The Morgan fingerprint density at radius 1 is 1.27 bits per heavy atom. The van der Waals surface area contributed by atoms with Crippen molar-refractivity contribution < 1.29 is 19.4 Å². The number of anilines is 1. The predicted octanol–water partition coefficient (Wildman–Crippen LogP) is 5.27. The van der Waals surface area contributed by atoms with Gasteiger partial charge in [-0.2, -0.15) is 0 Å². The number of halogens is 1. The summed E-state index contributed by atoms with van der Waals surface area (Å²) < 4.78 is 5.33. The highest BCUT2D eigenvalue weighted by Gasteiger charge is 2.18. The summed E-state index contributed by atoms with van der Waals surface area (Å²) in [6.07, 6.45) is 3.53. The molecule has 0 fully saturated rings. The third-order valence-corrected chi connectivity index (χ3v) is 4.26. The third-order valence-electron chi connectivity index (χ3n) is 3.91. The van der Waals surface area contributed by atoms with Crippen LogP contribution in [0.2, 0.25) is 0 Å². The number of amides is 1. The molecular formula is C22H26ClN3O4. The van der Waals surface area contributed by atoms with E-state index in [4.69, 9.17) is 21.4 Å². The van der Waals surface area contributed by atoms with E-state index in [0.717, 1.165) is 11.1 Å². The van der Waals surface area contributed by atoms with Crippen LogP contribution in [-0.2, 0) is 4.74 Å². The molecule has 160 valence electrons. The number of carbonyl (C=O) groups excluding carboxylic acids is 1. The summed E-state index contributed by atoms with van der Waals surface area (Å²) >= 11 is 6.39. The van der Waals surface area contributed by atoms with Crippen LogP contribution in [-0.4, -0.2) is 34.8 Å². The molecule has 1 aromatic carbocycles. The van der Waals surface area contributed by atoms with Crippen LogP contribution in [0.25, 0.3) is 10.9 Å². The van der Waals surface area contributed by atoms with Crippen LogP contribution in [0.4, 0.5) is 10.5 Å². The monoisotopic (exact) mass is 431 g/mol. The SMILES string of the molecule is CC/C=C(Cl)/C(=C\N(C)c1cccc2nc(C(=O)O)ccc12)NC(=O)OC(C)(C)C. The number of carbonyl (C=O) groups is 2. The van der Waals surface area contributed by atoms with E-state index in [-0.39, 0.29) is 5.69 Å². The predicted molar refractivity (Wildman–Crippen MR) is 119 cm³/mol. The molecular weight excluding hydrogens is 406 g/mol. The number of pyridine rings is 1. The number of rotatable bonds is 6. The van der Waals surface area contributed by atoms with Gasteiger partial charge in [0.1, 0.15) is 11.3 Å². The van der Waals surface area contributed by atoms with Gasteiger partial charge in [0, 0.05) is 24.3 Å². The number of benzene rings is 1. The summed E-state index contributed by atoms with van der Waals surface area (Å²) in [5, 5.41) is 13.0. The molecule has 0 aliphatic rings. The van der Waals surface area contributed by atoms with Crippen molar-refractivity contribution in [3.8, 4) is 0 Å². The van der Waals surface area contributed by atoms with Crippen molar-refractivity contribution in [3.63, 3.8) is 0 Å². The Morgan fingerprint density at radius 2 is 1.97 bits per heavy atom. The van der Waals surface area contributed by atoms with Crippen LogP contribution in [0.5, 0.6) is 0 Å². The first kappa shape index (κ1) is 23.2. The molecule has 0 aliphatic heterocycles. The standard InChI is InChI=1S/C22H26ClN3O4/c1-6-8-15(23)18(25-21(29)30-22(2,3)4)13-26(5)19-10-7-9-16-14(19)11-12-17(24-16)20(27)28/h7-13H,6H2,1-5H3,(H,25,29)(H,27,28)/b15-8-,18-13+. The van der Waals surface area contributed by atoms with Crippen molar-refractivity contribution in [3.05, 3.63) is 59.0 Å². The largest absolute Gasteiger partial charge is 0.477 e. The van der Waals surface area contributed by atoms with Gasteiger partial charge in [0.15, 0.2) is 0 Å². The van der Waals surface area contributed by atoms with Crippen LogP contribution < -0.4 is 10.2 Å². The average Bonchev–Trinajstić information content (AvgIpc) is 2.65. The van der Waals surface area contributed by atoms with E-state index in [1.807, 2.05) is 13.0 Å². The van der Waals surface area contributed by atoms with Crippen LogP contribution in [0.1, 0.15) is 44.6 Å². The lowest BCUT2D eigenvalue weighted by Crippen LogP contribution is -2.33. The molecule has 2 N–H and O–H groups in total. The Labute approximate surface area is 181 Å². The Kier molecular flexibility index (Phi) is 7.45. The number of ether oxygens (including phenoxy) is 1. The normalized spacial score (nSPS) is 12.6. The Balaban J connectivity index is 2.43. The van der Waals surface area contributed by atoms with Gasteiger partial charge in [-0.3, -0.25) is 5.32 Å². The summed E-state index contributed by atoms with van der Waals surface area (Å²) in [5.74, 6) is -1.09. The van der Waals surface area contributed by atoms with E-state index < -0.39 is 17.7 Å². The van der Waals surface area contributed by atoms with E-state index in [2.05, 4.69) is 10.3 Å². The molecule has 2 rings (SSSR count). The van der Waals surface area contributed by atoms with E-state index in [1.165, 1.54) is 6.07 Å². The fraction of sp³-hybridized carbons (Fsp3) is 0.318. The molecule has 30 heavy (non-hydrogen) atoms. The second-order valence-electron chi connectivity index (χ2n) is 7.59. The van der Waals surface area contributed by atoms with E-state index >= 15 is 0 Å². The smallest absolute Gasteiger partial charge is 0.412 e. The van der Waals surface area contributed by atoms with Gasteiger partial charge in [-0.25, -0.2) is 14.6 Å². The molecule has 0 unspecified atom stereocenters. The van der Waals surface area contributed by atoms with E-state index in [0.29, 0.717) is 22.7 Å². The Hall–Kier alpha value is -3.06. The number of aromatic carboxylic acids is 1. The van der Waals surface area contributed by atoms with Crippen molar-refractivity contribution >= 4 is 40.3 Å². The topological polar surface area (TPSA) is 91.8 Å². The minimum atomic E-state index is -1.09. The van der Waals surface area contributed by atoms with Crippen molar-refractivity contribution in [1.29, 1.82) is 0 Å². The zero-order valence-electron chi connectivity index (χ0n) is 17.7. The fourth-order valence-corrected chi connectivity index (χ4v) is 2.94. The molecule has 0 atom stereocenters. The van der Waals surface area contributed by atoms with Gasteiger partial charge >= 0.3 is 12.1 Å². The number of carboxylic acids is 1. The van der Waals surface area contributed by atoms with Crippen molar-refractivity contribution in [2.75, 3.05) is 11.9 Å². The first-order valence-corrected chi connectivity index (χ1v) is 9.83. The van der Waals surface area contributed by atoms with Gasteiger partial charge in [0.2, 0.25) is 0 Å². The highest BCUT2D eigenvalue weighted by atomic mass is 35.5. The zero-order valence-corrected chi connectivity index (χ0v) is 18.4. The molecule has 7 nitrogen and oxygen atoms in total. The van der Waals surface area contributed by atoms with Gasteiger partial charge in [-0.1, -0.05) is 30.7 Å². The van der Waals surface area contributed by atoms with Crippen LogP contribution in [0.3, 0.4) is 0 Å². The minimum Gasteiger partial charge on any atom is -0.477 e. The summed E-state index contributed by atoms with van der Waals surface area (Å²) in [4.78, 5) is 29.4. The van der Waals surface area contributed by atoms with E-state index in [9.17, 15) is 9.59 Å². The highest BCUT2D eigenvalue weighted by Crippen LogP contribution is 2.27. The number of nitrogens with zero attached hydrogens (tertiary/aromatic N) is 2. The lowest BCUT2D eigenvalue weighted by atomic mass is 10.1. The van der Waals surface area contributed by atoms with Gasteiger partial charge < -0.3 is 14.7 Å². The fourth-order valence-electron chi connectivity index (χ4n) is 2.68. The van der Waals surface area contributed by atoms with Crippen molar-refractivity contribution in [1.82, 2.24) is 10.3 Å². The molecule has 0 bridgehead atoms. The number of allylic oxidation sites excluding steroid dienone is 2. The number of nitrogens with one attached hydrogen (secondary N) is 1. The summed E-state index contributed by atoms with van der Waals surface area (Å²) in [6, 6.07) is 8.55. The Bertz CT molecular complexity index is 1010. The van der Waals surface area contributed by atoms with E-state index in [1.54, 1.807) is 63.2 Å². The van der Waals surface area contributed by atoms with Crippen LogP contribution in [0.15, 0.2) is 53.3 Å². The molecule has 0 radical (unpaired) electrons. The van der Waals surface area contributed by atoms with Crippen molar-refractivity contribution in [2.24, 2.45) is 0 Å². The molecule has 8 heteroatoms. The number of carboxylic acid groups (broad SMARTS) is 1. The minimum absolute atomic E-state index is 0.0287. The summed E-state index contributed by atoms with van der Waals surface area (Å²) in [5.41, 5.74) is 1.01. The quantitative estimate of drug-likeness (QED) is 0.605. The molecule has 2 aromatic rings. The summed E-state index contributed by atoms with van der Waals surface area (Å²) in [7, 11) is 1.80. The summed E-state index contributed by atoms with van der Waals surface area (Å²) in [6.45, 7) is 7.27. The second-order valence-corrected chi connectivity index (χ2v) is 7.99. The lowest BCUT2D eigenvalue weighted by molar-refractivity contribution is 0.0546. The van der Waals surface area contributed by atoms with Gasteiger partial charge in [0.05, 0.1) is 16.2 Å². The second kappa shape index (κ2) is 9.63. The average molecular weight is 432 g/mol. The molecule has 0 aliphatic carbocycles. The first-order valence-electron chi connectivity index (χ1n) is 9.45. The molecule has 0 saturated carbocycles. The first-order chi connectivity index (χ1) is 14.0. The molecule has 1 aromatic heterocycles. The van der Waals surface area contributed by atoms with Gasteiger partial charge in [-0.15, -0.1) is 0 Å². The molecule has 0 spiro atoms. The number of fused-ring (bicyclic) bond motifs is 1. The maximum absolute atomic E-state index is 12.3. The maximum Gasteiger partial charge on any atom is 0.412 e. The highest BCUT2D eigenvalue weighted by molar-refractivity contribution is 6.32. The molecule has 1 heterocycles. The number of hydrogen-bond donors (Lipinski definition) is 2. The molecule has 1 amide bonds.